The normalized spacial score (nSPS) is 13.8. The summed E-state index contributed by atoms with van der Waals surface area (Å²) in [5.74, 6) is 0. The molecule has 40 heavy (non-hydrogen) atoms. The number of hydrogen-bond acceptors (Lipinski definition) is 0. The van der Waals surface area contributed by atoms with Crippen molar-refractivity contribution in [2.24, 2.45) is 0 Å². The summed E-state index contributed by atoms with van der Waals surface area (Å²) in [4.78, 5) is 0. The zero-order chi connectivity index (χ0) is 25.7. The van der Waals surface area contributed by atoms with Gasteiger partial charge >= 0.3 is 0 Å². The first-order chi connectivity index (χ1) is 19.9. The number of rotatable bonds is 0. The lowest BCUT2D eigenvalue weighted by molar-refractivity contribution is -0.665. The first-order valence-corrected chi connectivity index (χ1v) is 14.1. The minimum absolute atomic E-state index is 0.973. The predicted octanol–water partition coefficient (Wildman–Crippen LogP) is 8.23. The van der Waals surface area contributed by atoms with Crippen LogP contribution < -0.4 is 4.57 Å². The summed E-state index contributed by atoms with van der Waals surface area (Å²) in [6.45, 7) is 0.973. The van der Waals surface area contributed by atoms with Crippen LogP contribution in [0, 0.1) is 0 Å². The highest BCUT2D eigenvalue weighted by molar-refractivity contribution is 6.25. The van der Waals surface area contributed by atoms with Gasteiger partial charge in [-0.2, -0.15) is 4.40 Å². The van der Waals surface area contributed by atoms with Gasteiger partial charge in [0, 0.05) is 49.7 Å². The van der Waals surface area contributed by atoms with Crippen LogP contribution in [0.2, 0.25) is 0 Å². The monoisotopic (exact) mass is 508 g/mol. The van der Waals surface area contributed by atoms with E-state index in [4.69, 9.17) is 0 Å². The Hall–Kier alpha value is -5.15. The molecule has 0 saturated heterocycles. The lowest BCUT2D eigenvalue weighted by Gasteiger charge is -2.13. The Labute approximate surface area is 228 Å². The Bertz CT molecular complexity index is 2340. The fourth-order valence-electron chi connectivity index (χ4n) is 8.25. The van der Waals surface area contributed by atoms with Crippen LogP contribution in [-0.4, -0.2) is 8.80 Å². The summed E-state index contributed by atoms with van der Waals surface area (Å²) in [5, 5.41) is 11.1. The van der Waals surface area contributed by atoms with Gasteiger partial charge in [-0.05, 0) is 41.5 Å². The Morgan fingerprint density at radius 3 is 1.43 bits per heavy atom. The molecule has 0 spiro atoms. The molecule has 0 radical (unpaired) electrons. The van der Waals surface area contributed by atoms with E-state index in [2.05, 4.69) is 123 Å². The summed E-state index contributed by atoms with van der Waals surface area (Å²) in [6.07, 6.45) is 3.25. The third-order valence-electron chi connectivity index (χ3n) is 9.68. The van der Waals surface area contributed by atoms with E-state index in [9.17, 15) is 0 Å². The molecule has 0 aliphatic carbocycles. The summed E-state index contributed by atoms with van der Waals surface area (Å²) in [6, 6.07) is 38.0. The average Bonchev–Trinajstić information content (AvgIpc) is 3.73. The van der Waals surface area contributed by atoms with Gasteiger partial charge in [-0.1, -0.05) is 72.8 Å². The van der Waals surface area contributed by atoms with E-state index in [1.807, 2.05) is 0 Å². The van der Waals surface area contributed by atoms with Gasteiger partial charge in [0.05, 0.1) is 28.1 Å². The molecule has 10 aromatic rings. The molecular weight excluding hydrogens is 486 g/mol. The largest absolute Gasteiger partial charge is 0.307 e. The summed E-state index contributed by atoms with van der Waals surface area (Å²) in [5.41, 5.74) is 12.7. The van der Waals surface area contributed by atoms with Gasteiger partial charge in [-0.25, -0.2) is 4.57 Å². The number of aromatic nitrogens is 3. The van der Waals surface area contributed by atoms with Crippen LogP contribution in [0.4, 0.5) is 0 Å². The molecule has 0 unspecified atom stereocenters. The van der Waals surface area contributed by atoms with Gasteiger partial charge in [0.1, 0.15) is 17.6 Å². The van der Waals surface area contributed by atoms with E-state index in [0.29, 0.717) is 0 Å². The van der Waals surface area contributed by atoms with E-state index in [1.165, 1.54) is 93.0 Å². The maximum atomic E-state index is 2.50. The molecule has 184 valence electrons. The molecule has 0 bridgehead atoms. The van der Waals surface area contributed by atoms with E-state index >= 15 is 0 Å². The van der Waals surface area contributed by atoms with Crippen molar-refractivity contribution < 1.29 is 4.57 Å². The fraction of sp³-hybridized carbons (Fsp3) is 0.0541. The molecule has 5 aromatic carbocycles. The van der Waals surface area contributed by atoms with E-state index in [1.54, 1.807) is 0 Å². The maximum absolute atomic E-state index is 2.50. The number of hydrogen-bond donors (Lipinski definition) is 0. The van der Waals surface area contributed by atoms with E-state index in [0.717, 1.165) is 13.0 Å². The second-order valence-corrected chi connectivity index (χ2v) is 11.6. The topological polar surface area (TPSA) is 12.7 Å². The maximum Gasteiger partial charge on any atom is 0.295 e. The first kappa shape index (κ1) is 19.9. The Morgan fingerprint density at radius 2 is 0.825 bits per heavy atom. The van der Waals surface area contributed by atoms with E-state index in [-0.39, 0.29) is 0 Å². The smallest absolute Gasteiger partial charge is 0.295 e. The van der Waals surface area contributed by atoms with Gasteiger partial charge in [-0.3, -0.25) is 0 Å². The van der Waals surface area contributed by atoms with Gasteiger partial charge < -0.3 is 4.40 Å². The van der Waals surface area contributed by atoms with Crippen molar-refractivity contribution in [2.75, 3.05) is 0 Å². The Kier molecular flexibility index (Phi) is 3.24. The minimum Gasteiger partial charge on any atom is -0.307 e. The molecule has 0 fully saturated rings. The quantitative estimate of drug-likeness (QED) is 0.183. The lowest BCUT2D eigenvalue weighted by Crippen LogP contribution is -2.37. The van der Waals surface area contributed by atoms with Crippen molar-refractivity contribution >= 4 is 76.3 Å². The SMILES string of the molecule is c1cc2c3c(c1)c1cccc4c5ccc[n+](c5n3c14)C2.c1cc2c3c(c1)c1cccc4c5cccc(c5n3c14)C2. The number of nitrogens with zero attached hydrogens (tertiary/aromatic N) is 3. The zero-order valence-electron chi connectivity index (χ0n) is 21.6. The number of para-hydroxylation sites is 5. The first-order valence-electron chi connectivity index (χ1n) is 14.1. The molecule has 0 saturated carbocycles. The Balaban J connectivity index is 0.000000104. The van der Waals surface area contributed by atoms with Crippen LogP contribution in [0.25, 0.3) is 76.3 Å². The van der Waals surface area contributed by atoms with Gasteiger partial charge in [-0.15, -0.1) is 0 Å². The third-order valence-corrected chi connectivity index (χ3v) is 9.68. The minimum atomic E-state index is 0.973. The van der Waals surface area contributed by atoms with Crippen LogP contribution in [0.15, 0.2) is 109 Å². The fourth-order valence-corrected chi connectivity index (χ4v) is 8.25. The van der Waals surface area contributed by atoms with Crippen molar-refractivity contribution in [1.82, 2.24) is 8.80 Å². The van der Waals surface area contributed by atoms with Crippen molar-refractivity contribution in [3.8, 4) is 0 Å². The molecule has 0 amide bonds. The number of benzene rings is 5. The average molecular weight is 509 g/mol. The molecule has 3 nitrogen and oxygen atoms in total. The molecule has 0 N–H and O–H groups in total. The van der Waals surface area contributed by atoms with Crippen molar-refractivity contribution in [3.63, 3.8) is 0 Å². The Morgan fingerprint density at radius 1 is 0.400 bits per heavy atom. The molecule has 12 rings (SSSR count). The lowest BCUT2D eigenvalue weighted by atomic mass is 9.96. The van der Waals surface area contributed by atoms with Crippen LogP contribution in [0.3, 0.4) is 0 Å². The van der Waals surface area contributed by atoms with Gasteiger partial charge in [0.25, 0.3) is 5.65 Å². The highest BCUT2D eigenvalue weighted by Crippen LogP contribution is 2.44. The van der Waals surface area contributed by atoms with Crippen molar-refractivity contribution in [2.45, 2.75) is 13.0 Å². The van der Waals surface area contributed by atoms with Crippen molar-refractivity contribution in [3.05, 3.63) is 126 Å². The zero-order valence-corrected chi connectivity index (χ0v) is 21.6. The predicted molar refractivity (Wildman–Crippen MR) is 164 cm³/mol. The second kappa shape index (κ2) is 6.52. The van der Waals surface area contributed by atoms with Crippen LogP contribution in [-0.2, 0) is 13.0 Å². The molecule has 2 aliphatic rings. The molecule has 5 aromatic heterocycles. The summed E-state index contributed by atoms with van der Waals surface area (Å²) >= 11 is 0. The van der Waals surface area contributed by atoms with E-state index < -0.39 is 0 Å². The van der Waals surface area contributed by atoms with Gasteiger partial charge in [0.2, 0.25) is 0 Å². The number of fused-ring (bicyclic) bond motifs is 4. The second-order valence-electron chi connectivity index (χ2n) is 11.6. The standard InChI is InChI=1S/C19H11N.C18H11N2/c1-4-11-10-12-5-2-7-14-16-9-3-8-15-13(6-1)17(11)20(18(12)14)19(15)16;1-4-11-10-19-9-3-8-15-14-7-2-6-13-12(5-1)16(11)20(17(13)14)18(15)19/h2*1-9H,10H2/q;+1. The molecule has 3 heteroatoms. The molecule has 7 heterocycles. The molecular formula is C37H22N3+. The van der Waals surface area contributed by atoms with Crippen LogP contribution >= 0.6 is 0 Å². The molecule has 2 aliphatic heterocycles. The summed E-state index contributed by atoms with van der Waals surface area (Å²) in [7, 11) is 0. The van der Waals surface area contributed by atoms with Gasteiger partial charge in [0.15, 0.2) is 0 Å². The van der Waals surface area contributed by atoms with Crippen LogP contribution in [0.5, 0.6) is 0 Å². The highest BCUT2D eigenvalue weighted by atomic mass is 15.1. The van der Waals surface area contributed by atoms with Crippen LogP contribution in [0.1, 0.15) is 16.7 Å². The third kappa shape index (κ3) is 2.07. The summed E-state index contributed by atoms with van der Waals surface area (Å²) < 4.78 is 7.34. The number of pyridine rings is 1. The van der Waals surface area contributed by atoms with Crippen molar-refractivity contribution in [1.29, 1.82) is 0 Å². The highest BCUT2D eigenvalue weighted by Gasteiger charge is 2.30. The molecule has 0 atom stereocenters.